The maximum atomic E-state index is 13.4. The van der Waals surface area contributed by atoms with Crippen LogP contribution in [0.3, 0.4) is 0 Å². The third-order valence-electron chi connectivity index (χ3n) is 13.0. The molecule has 0 rings (SSSR count). The van der Waals surface area contributed by atoms with E-state index in [0.717, 1.165) is 122 Å². The van der Waals surface area contributed by atoms with Crippen molar-refractivity contribution in [3.05, 3.63) is 0 Å². The molecule has 8 heteroatoms. The third-order valence-corrected chi connectivity index (χ3v) is 13.0. The third kappa shape index (κ3) is 36.0. The summed E-state index contributed by atoms with van der Waals surface area (Å²) in [6.07, 6.45) is 35.7. The molecule has 1 amide bonds. The summed E-state index contributed by atoms with van der Waals surface area (Å²) in [5, 5.41) is 2.95. The Morgan fingerprint density at radius 3 is 1.41 bits per heavy atom. The number of rotatable bonds is 43. The molecule has 0 radical (unpaired) electrons. The van der Waals surface area contributed by atoms with Crippen LogP contribution in [0, 0.1) is 16.7 Å². The Kier molecular flexibility index (Phi) is 37.2. The molecule has 0 bridgehead atoms. The van der Waals surface area contributed by atoms with Crippen molar-refractivity contribution in [3.63, 3.8) is 0 Å². The molecule has 0 spiro atoms. The first-order valence-electron chi connectivity index (χ1n) is 27.1. The second-order valence-corrected chi connectivity index (χ2v) is 21.6. The van der Waals surface area contributed by atoms with Crippen molar-refractivity contribution in [3.8, 4) is 0 Å². The van der Waals surface area contributed by atoms with E-state index in [1.807, 2.05) is 34.6 Å². The minimum atomic E-state index is -0.519. The van der Waals surface area contributed by atoms with Crippen molar-refractivity contribution < 1.29 is 28.6 Å². The van der Waals surface area contributed by atoms with Gasteiger partial charge in [-0.05, 0) is 132 Å². The van der Waals surface area contributed by atoms with Crippen molar-refractivity contribution in [2.75, 3.05) is 32.8 Å². The van der Waals surface area contributed by atoms with Crippen LogP contribution in [0.15, 0.2) is 0 Å². The second kappa shape index (κ2) is 38.3. The number of carbonyl (C=O) groups is 3. The Balaban J connectivity index is 4.83. The van der Waals surface area contributed by atoms with E-state index in [0.29, 0.717) is 13.2 Å². The molecule has 0 heterocycles. The van der Waals surface area contributed by atoms with Gasteiger partial charge in [-0.25, -0.2) is 4.79 Å². The largest absolute Gasteiger partial charge is 0.465 e. The number of carbonyl (C=O) groups excluding carboxylic acids is 3. The van der Waals surface area contributed by atoms with E-state index in [2.05, 4.69) is 51.8 Å². The van der Waals surface area contributed by atoms with Gasteiger partial charge in [-0.1, -0.05) is 163 Å². The predicted octanol–water partition coefficient (Wildman–Crippen LogP) is 16.1. The van der Waals surface area contributed by atoms with Gasteiger partial charge in [0.2, 0.25) is 0 Å². The van der Waals surface area contributed by atoms with Crippen molar-refractivity contribution in [1.29, 1.82) is 0 Å². The van der Waals surface area contributed by atoms with Gasteiger partial charge in [0.1, 0.15) is 11.7 Å². The molecule has 0 saturated carbocycles. The molecule has 0 aromatic heterocycles. The lowest BCUT2D eigenvalue weighted by molar-refractivity contribution is -0.161. The average Bonchev–Trinajstić information content (AvgIpc) is 3.21. The number of ether oxygens (including phenoxy) is 3. The SMILES string of the molecule is CCCCCCCCC(CCCCC)OC(=O)C(C)(C)CCCCCCN(CCCCCCC(C)(C)C(=O)OCCCC(CCCCC)CCCCC)CCNC(=O)OC(C)(C)C. The zero-order valence-corrected chi connectivity index (χ0v) is 44.0. The summed E-state index contributed by atoms with van der Waals surface area (Å²) in [7, 11) is 0. The Morgan fingerprint density at radius 1 is 0.476 bits per heavy atom. The smallest absolute Gasteiger partial charge is 0.407 e. The van der Waals surface area contributed by atoms with E-state index < -0.39 is 16.4 Å². The van der Waals surface area contributed by atoms with Crippen LogP contribution < -0.4 is 5.32 Å². The first kappa shape index (κ1) is 61.2. The van der Waals surface area contributed by atoms with Gasteiger partial charge in [0.25, 0.3) is 0 Å². The molecule has 0 aromatic carbocycles. The molecular formula is C55H108N2O6. The standard InChI is InChI=1S/C55H108N2O6/c1-12-16-20-21-22-30-40-49(39-29-19-15-4)62-51(59)55(10,11)42-32-24-26-34-45-57(46-43-56-52(60)63-53(5,6)7)44-33-25-23-31-41-54(8,9)50(58)61-47-35-38-48(36-27-17-13-2)37-28-18-14-3/h48-49H,12-47H2,1-11H3,(H,56,60). The first-order valence-corrected chi connectivity index (χ1v) is 27.1. The lowest BCUT2D eigenvalue weighted by Crippen LogP contribution is -2.38. The monoisotopic (exact) mass is 893 g/mol. The van der Waals surface area contributed by atoms with Gasteiger partial charge < -0.3 is 24.4 Å². The number of nitrogens with zero attached hydrogens (tertiary/aromatic N) is 1. The fourth-order valence-electron chi connectivity index (χ4n) is 8.56. The number of hydrogen-bond donors (Lipinski definition) is 1. The van der Waals surface area contributed by atoms with Gasteiger partial charge in [-0.2, -0.15) is 0 Å². The Morgan fingerprint density at radius 2 is 0.889 bits per heavy atom. The van der Waals surface area contributed by atoms with Crippen molar-refractivity contribution in [1.82, 2.24) is 10.2 Å². The molecule has 0 aromatic rings. The Bertz CT molecular complexity index is 1090. The fraction of sp³-hybridized carbons (Fsp3) is 0.945. The Labute approximate surface area is 392 Å². The minimum Gasteiger partial charge on any atom is -0.465 e. The van der Waals surface area contributed by atoms with Crippen LogP contribution in [0.5, 0.6) is 0 Å². The Hall–Kier alpha value is -1.83. The number of alkyl carbamates (subject to hydrolysis) is 1. The average molecular weight is 893 g/mol. The van der Waals surface area contributed by atoms with Crippen LogP contribution >= 0.6 is 0 Å². The summed E-state index contributed by atoms with van der Waals surface area (Å²) in [6, 6.07) is 0. The maximum absolute atomic E-state index is 13.4. The number of hydrogen-bond acceptors (Lipinski definition) is 7. The number of esters is 2. The summed E-state index contributed by atoms with van der Waals surface area (Å²) in [5.41, 5.74) is -1.45. The zero-order valence-electron chi connectivity index (χ0n) is 44.0. The van der Waals surface area contributed by atoms with E-state index in [1.54, 1.807) is 0 Å². The molecule has 0 saturated heterocycles. The van der Waals surface area contributed by atoms with E-state index in [9.17, 15) is 14.4 Å². The quantitative estimate of drug-likeness (QED) is 0.0370. The molecule has 0 aliphatic rings. The molecule has 8 nitrogen and oxygen atoms in total. The van der Waals surface area contributed by atoms with Crippen LogP contribution in [0.4, 0.5) is 4.79 Å². The number of amides is 1. The van der Waals surface area contributed by atoms with Crippen molar-refractivity contribution in [2.45, 2.75) is 287 Å². The highest BCUT2D eigenvalue weighted by Gasteiger charge is 2.31. The normalized spacial score (nSPS) is 12.8. The minimum absolute atomic E-state index is 0.0213. The van der Waals surface area contributed by atoms with E-state index in [4.69, 9.17) is 14.2 Å². The summed E-state index contributed by atoms with van der Waals surface area (Å²) >= 11 is 0. The van der Waals surface area contributed by atoms with Gasteiger partial charge in [-0.15, -0.1) is 0 Å². The van der Waals surface area contributed by atoms with Crippen molar-refractivity contribution in [2.24, 2.45) is 16.7 Å². The van der Waals surface area contributed by atoms with E-state index in [-0.39, 0.29) is 24.1 Å². The lowest BCUT2D eigenvalue weighted by Gasteiger charge is -2.27. The van der Waals surface area contributed by atoms with E-state index >= 15 is 0 Å². The van der Waals surface area contributed by atoms with Crippen LogP contribution in [-0.4, -0.2) is 67.4 Å². The molecule has 1 N–H and O–H groups in total. The lowest BCUT2D eigenvalue weighted by atomic mass is 9.86. The number of unbranched alkanes of at least 4 members (excludes halogenated alkanes) is 17. The van der Waals surface area contributed by atoms with Gasteiger partial charge in [0, 0.05) is 13.1 Å². The van der Waals surface area contributed by atoms with Crippen LogP contribution in [0.2, 0.25) is 0 Å². The first-order chi connectivity index (χ1) is 30.0. The highest BCUT2D eigenvalue weighted by molar-refractivity contribution is 5.76. The summed E-state index contributed by atoms with van der Waals surface area (Å²) in [6.45, 7) is 26.8. The number of nitrogens with one attached hydrogen (secondary N) is 1. The summed E-state index contributed by atoms with van der Waals surface area (Å²) in [4.78, 5) is 41.3. The highest BCUT2D eigenvalue weighted by Crippen LogP contribution is 2.29. The fourth-order valence-corrected chi connectivity index (χ4v) is 8.56. The van der Waals surface area contributed by atoms with Gasteiger partial charge in [-0.3, -0.25) is 9.59 Å². The molecular weight excluding hydrogens is 785 g/mol. The highest BCUT2D eigenvalue weighted by atomic mass is 16.6. The van der Waals surface area contributed by atoms with Crippen LogP contribution in [0.25, 0.3) is 0 Å². The molecule has 0 aliphatic heterocycles. The van der Waals surface area contributed by atoms with Gasteiger partial charge >= 0.3 is 18.0 Å². The summed E-state index contributed by atoms with van der Waals surface area (Å²) in [5.74, 6) is 0.700. The van der Waals surface area contributed by atoms with Crippen molar-refractivity contribution >= 4 is 18.0 Å². The summed E-state index contributed by atoms with van der Waals surface area (Å²) < 4.78 is 17.5. The second-order valence-electron chi connectivity index (χ2n) is 21.6. The maximum Gasteiger partial charge on any atom is 0.407 e. The molecule has 1 unspecified atom stereocenters. The van der Waals surface area contributed by atoms with E-state index in [1.165, 1.54) is 103 Å². The van der Waals surface area contributed by atoms with Gasteiger partial charge in [0.15, 0.2) is 0 Å². The molecule has 374 valence electrons. The molecule has 0 fully saturated rings. The predicted molar refractivity (Wildman–Crippen MR) is 268 cm³/mol. The molecule has 63 heavy (non-hydrogen) atoms. The van der Waals surface area contributed by atoms with Crippen LogP contribution in [0.1, 0.15) is 275 Å². The molecule has 1 atom stereocenters. The topological polar surface area (TPSA) is 94.2 Å². The van der Waals surface area contributed by atoms with Crippen LogP contribution in [-0.2, 0) is 23.8 Å². The molecule has 0 aliphatic carbocycles. The van der Waals surface area contributed by atoms with Gasteiger partial charge in [0.05, 0.1) is 17.4 Å². The zero-order chi connectivity index (χ0) is 47.2.